The molecule has 0 bridgehead atoms. The van der Waals surface area contributed by atoms with Gasteiger partial charge in [-0.1, -0.05) is 39.0 Å². The summed E-state index contributed by atoms with van der Waals surface area (Å²) in [5.41, 5.74) is 0.0486. The largest absolute Gasteiger partial charge is 0.352 e. The summed E-state index contributed by atoms with van der Waals surface area (Å²) in [5.74, 6) is -0.116. The standard InChI is InChI=1S/C26H37N5O4/c1-25(2,3)18-9-13-26(14-10-18)22(33)31(24(35)29-26)17-21(32)27-20-11-15-30(16-12-20)23(34)28-19-7-5-4-6-8-19/h4-8,18,20H,9-17H2,1-3H3,(H,27,32)(H,28,34)(H,29,35). The Balaban J connectivity index is 1.24. The maximum absolute atomic E-state index is 13.2. The first kappa shape index (κ1) is 25.0. The van der Waals surface area contributed by atoms with Crippen molar-refractivity contribution >= 4 is 29.6 Å². The summed E-state index contributed by atoms with van der Waals surface area (Å²) in [6.45, 7) is 7.39. The van der Waals surface area contributed by atoms with Crippen LogP contribution in [0.1, 0.15) is 59.3 Å². The predicted octanol–water partition coefficient (Wildman–Crippen LogP) is 3.33. The Kier molecular flexibility index (Phi) is 7.05. The van der Waals surface area contributed by atoms with Gasteiger partial charge in [0.1, 0.15) is 12.1 Å². The number of urea groups is 2. The lowest BCUT2D eigenvalue weighted by molar-refractivity contribution is -0.136. The van der Waals surface area contributed by atoms with Crippen LogP contribution in [0.15, 0.2) is 30.3 Å². The zero-order valence-corrected chi connectivity index (χ0v) is 20.9. The van der Waals surface area contributed by atoms with Gasteiger partial charge in [0, 0.05) is 24.8 Å². The summed E-state index contributed by atoms with van der Waals surface area (Å²) in [7, 11) is 0. The van der Waals surface area contributed by atoms with Gasteiger partial charge >= 0.3 is 12.1 Å². The Morgan fingerprint density at radius 1 is 1.03 bits per heavy atom. The number of para-hydroxylation sites is 1. The first-order valence-corrected chi connectivity index (χ1v) is 12.6. The monoisotopic (exact) mass is 483 g/mol. The number of piperidine rings is 1. The van der Waals surface area contributed by atoms with Crippen LogP contribution in [-0.4, -0.2) is 64.9 Å². The molecule has 3 aliphatic rings. The second-order valence-electron chi connectivity index (χ2n) is 11.2. The third-order valence-corrected chi connectivity index (χ3v) is 7.78. The summed E-state index contributed by atoms with van der Waals surface area (Å²) in [6.07, 6.45) is 4.22. The number of benzene rings is 1. The van der Waals surface area contributed by atoms with Crippen molar-refractivity contribution in [3.63, 3.8) is 0 Å². The lowest BCUT2D eigenvalue weighted by Gasteiger charge is -2.40. The van der Waals surface area contributed by atoms with Gasteiger partial charge in [-0.25, -0.2) is 9.59 Å². The smallest absolute Gasteiger partial charge is 0.325 e. The molecule has 0 unspecified atom stereocenters. The van der Waals surface area contributed by atoms with Gasteiger partial charge in [-0.15, -0.1) is 0 Å². The molecule has 35 heavy (non-hydrogen) atoms. The highest BCUT2D eigenvalue weighted by molar-refractivity contribution is 6.09. The highest BCUT2D eigenvalue weighted by Gasteiger charge is 2.53. The fraction of sp³-hybridized carbons (Fsp3) is 0.615. The maximum atomic E-state index is 13.2. The Morgan fingerprint density at radius 2 is 1.66 bits per heavy atom. The van der Waals surface area contributed by atoms with Crippen molar-refractivity contribution in [1.29, 1.82) is 0 Å². The summed E-state index contributed by atoms with van der Waals surface area (Å²) in [6, 6.07) is 8.55. The SMILES string of the molecule is CC(C)(C)C1CCC2(CC1)NC(=O)N(CC(=O)NC1CCN(C(=O)Nc3ccccc3)CC1)C2=O. The molecular formula is C26H37N5O4. The van der Waals surface area contributed by atoms with E-state index in [0.717, 1.165) is 23.4 Å². The van der Waals surface area contributed by atoms with E-state index in [1.165, 1.54) is 0 Å². The molecule has 190 valence electrons. The summed E-state index contributed by atoms with van der Waals surface area (Å²) in [4.78, 5) is 53.7. The van der Waals surface area contributed by atoms with E-state index in [0.29, 0.717) is 44.7 Å². The molecule has 2 aliphatic heterocycles. The lowest BCUT2D eigenvalue weighted by atomic mass is 9.67. The van der Waals surface area contributed by atoms with E-state index < -0.39 is 11.6 Å². The zero-order chi connectivity index (χ0) is 25.2. The number of carbonyl (C=O) groups excluding carboxylic acids is 4. The molecule has 1 aliphatic carbocycles. The second kappa shape index (κ2) is 9.87. The van der Waals surface area contributed by atoms with Gasteiger partial charge in [0.15, 0.2) is 0 Å². The molecule has 2 saturated heterocycles. The highest BCUT2D eigenvalue weighted by Crippen LogP contribution is 2.43. The molecule has 6 amide bonds. The molecule has 0 radical (unpaired) electrons. The number of likely N-dealkylation sites (tertiary alicyclic amines) is 1. The highest BCUT2D eigenvalue weighted by atomic mass is 16.2. The first-order valence-electron chi connectivity index (χ1n) is 12.6. The average Bonchev–Trinajstić information content (AvgIpc) is 3.03. The number of imide groups is 1. The Labute approximate surface area is 207 Å². The molecule has 4 rings (SSSR count). The molecule has 9 nitrogen and oxygen atoms in total. The molecular weight excluding hydrogens is 446 g/mol. The molecule has 1 saturated carbocycles. The van der Waals surface area contributed by atoms with Crippen LogP contribution < -0.4 is 16.0 Å². The van der Waals surface area contributed by atoms with Crippen LogP contribution in [0.2, 0.25) is 0 Å². The number of nitrogens with zero attached hydrogens (tertiary/aromatic N) is 2. The minimum atomic E-state index is -0.865. The average molecular weight is 484 g/mol. The van der Waals surface area contributed by atoms with Gasteiger partial charge in [-0.2, -0.15) is 0 Å². The van der Waals surface area contributed by atoms with Crippen LogP contribution in [0.4, 0.5) is 15.3 Å². The van der Waals surface area contributed by atoms with Gasteiger partial charge in [0.05, 0.1) is 0 Å². The number of rotatable bonds is 4. The number of hydrogen-bond acceptors (Lipinski definition) is 4. The van der Waals surface area contributed by atoms with Crippen LogP contribution >= 0.6 is 0 Å². The number of anilines is 1. The van der Waals surface area contributed by atoms with Crippen molar-refractivity contribution in [2.75, 3.05) is 25.0 Å². The van der Waals surface area contributed by atoms with Crippen molar-refractivity contribution in [2.24, 2.45) is 11.3 Å². The minimum absolute atomic E-state index is 0.0970. The minimum Gasteiger partial charge on any atom is -0.352 e. The van der Waals surface area contributed by atoms with Crippen molar-refractivity contribution in [1.82, 2.24) is 20.4 Å². The van der Waals surface area contributed by atoms with Crippen molar-refractivity contribution < 1.29 is 19.2 Å². The molecule has 1 spiro atoms. The van der Waals surface area contributed by atoms with Gasteiger partial charge in [0.25, 0.3) is 5.91 Å². The maximum Gasteiger partial charge on any atom is 0.325 e. The number of carbonyl (C=O) groups is 4. The van der Waals surface area contributed by atoms with E-state index in [1.54, 1.807) is 4.90 Å². The van der Waals surface area contributed by atoms with Crippen molar-refractivity contribution in [3.8, 4) is 0 Å². The summed E-state index contributed by atoms with van der Waals surface area (Å²) >= 11 is 0. The zero-order valence-electron chi connectivity index (χ0n) is 20.9. The Hall–Kier alpha value is -3.10. The first-order chi connectivity index (χ1) is 16.6. The quantitative estimate of drug-likeness (QED) is 0.571. The summed E-state index contributed by atoms with van der Waals surface area (Å²) < 4.78 is 0. The lowest BCUT2D eigenvalue weighted by Crippen LogP contribution is -2.52. The fourth-order valence-electron chi connectivity index (χ4n) is 5.50. The molecule has 0 aromatic heterocycles. The molecule has 3 fully saturated rings. The third-order valence-electron chi connectivity index (χ3n) is 7.78. The van der Waals surface area contributed by atoms with Crippen molar-refractivity contribution in [2.45, 2.75) is 70.9 Å². The van der Waals surface area contributed by atoms with Crippen LogP contribution in [0.3, 0.4) is 0 Å². The van der Waals surface area contributed by atoms with E-state index in [1.807, 2.05) is 30.3 Å². The van der Waals surface area contributed by atoms with Gasteiger partial charge in [-0.05, 0) is 62.0 Å². The van der Waals surface area contributed by atoms with E-state index in [4.69, 9.17) is 0 Å². The van der Waals surface area contributed by atoms with E-state index in [-0.39, 0.29) is 35.8 Å². The number of hydrogen-bond donors (Lipinski definition) is 3. The molecule has 3 N–H and O–H groups in total. The number of nitrogens with one attached hydrogen (secondary N) is 3. The molecule has 0 atom stereocenters. The predicted molar refractivity (Wildman–Crippen MR) is 133 cm³/mol. The van der Waals surface area contributed by atoms with Crippen LogP contribution in [0.25, 0.3) is 0 Å². The van der Waals surface area contributed by atoms with Crippen LogP contribution in [0.5, 0.6) is 0 Å². The molecule has 1 aromatic carbocycles. The molecule has 9 heteroatoms. The topological polar surface area (TPSA) is 111 Å². The molecule has 2 heterocycles. The van der Waals surface area contributed by atoms with E-state index in [2.05, 4.69) is 36.7 Å². The normalized spacial score (nSPS) is 25.5. The van der Waals surface area contributed by atoms with E-state index >= 15 is 0 Å². The van der Waals surface area contributed by atoms with Crippen LogP contribution in [-0.2, 0) is 9.59 Å². The van der Waals surface area contributed by atoms with Crippen LogP contribution in [0, 0.1) is 11.3 Å². The van der Waals surface area contributed by atoms with Crippen molar-refractivity contribution in [3.05, 3.63) is 30.3 Å². The number of amides is 6. The van der Waals surface area contributed by atoms with Gasteiger partial charge in [-0.3, -0.25) is 14.5 Å². The summed E-state index contributed by atoms with van der Waals surface area (Å²) in [5, 5.41) is 8.71. The fourth-order valence-corrected chi connectivity index (χ4v) is 5.50. The Bertz CT molecular complexity index is 958. The van der Waals surface area contributed by atoms with Gasteiger partial charge in [0.2, 0.25) is 5.91 Å². The Morgan fingerprint density at radius 3 is 2.26 bits per heavy atom. The van der Waals surface area contributed by atoms with E-state index in [9.17, 15) is 19.2 Å². The van der Waals surface area contributed by atoms with Gasteiger partial charge < -0.3 is 20.9 Å². The second-order valence-corrected chi connectivity index (χ2v) is 11.2. The molecule has 1 aromatic rings. The third kappa shape index (κ3) is 5.60.